The number of nitrogens with one attached hydrogen (secondary N) is 1. The number of halogens is 2. The number of anilines is 1. The van der Waals surface area contributed by atoms with Crippen molar-refractivity contribution in [1.29, 1.82) is 0 Å². The third-order valence-electron chi connectivity index (χ3n) is 2.71. The minimum absolute atomic E-state index is 0.103. The molecule has 7 nitrogen and oxygen atoms in total. The highest BCUT2D eigenvalue weighted by atomic mass is 19.1. The summed E-state index contributed by atoms with van der Waals surface area (Å²) in [6.45, 7) is -0.103. The van der Waals surface area contributed by atoms with Crippen LogP contribution in [0.3, 0.4) is 0 Å². The number of urea groups is 1. The van der Waals surface area contributed by atoms with Crippen molar-refractivity contribution in [2.75, 3.05) is 26.0 Å². The van der Waals surface area contributed by atoms with Gasteiger partial charge in [-0.3, -0.25) is 4.79 Å². The van der Waals surface area contributed by atoms with Crippen LogP contribution in [0.15, 0.2) is 12.1 Å². The number of hydrogen-bond acceptors (Lipinski definition) is 4. The minimum atomic E-state index is -1.12. The first-order chi connectivity index (χ1) is 10.3. The zero-order valence-electron chi connectivity index (χ0n) is 11.9. The Balaban J connectivity index is 2.90. The molecule has 0 aliphatic heterocycles. The van der Waals surface area contributed by atoms with E-state index >= 15 is 0 Å². The highest BCUT2D eigenvalue weighted by Gasteiger charge is 2.19. The Kier molecular flexibility index (Phi) is 5.79. The molecule has 0 aliphatic carbocycles. The number of methoxy groups -OCH3 is 1. The van der Waals surface area contributed by atoms with Gasteiger partial charge in [0.2, 0.25) is 0 Å². The molecule has 0 aliphatic rings. The largest absolute Gasteiger partial charge is 0.481 e. The van der Waals surface area contributed by atoms with Crippen LogP contribution in [0.25, 0.3) is 0 Å². The molecule has 0 aromatic heterocycles. The molecule has 1 aromatic rings. The maximum atomic E-state index is 13.6. The van der Waals surface area contributed by atoms with Crippen molar-refractivity contribution in [3.8, 4) is 0 Å². The topological polar surface area (TPSA) is 95.9 Å². The van der Waals surface area contributed by atoms with E-state index in [4.69, 9.17) is 5.11 Å². The summed E-state index contributed by atoms with van der Waals surface area (Å²) >= 11 is 0. The van der Waals surface area contributed by atoms with Crippen molar-refractivity contribution in [3.63, 3.8) is 0 Å². The van der Waals surface area contributed by atoms with Crippen molar-refractivity contribution < 1.29 is 33.0 Å². The molecule has 2 amide bonds. The molecule has 0 spiro atoms. The van der Waals surface area contributed by atoms with E-state index < -0.39 is 40.9 Å². The number of hydrogen-bond donors (Lipinski definition) is 2. The highest BCUT2D eigenvalue weighted by Crippen LogP contribution is 2.20. The molecule has 0 radical (unpaired) electrons. The van der Waals surface area contributed by atoms with Crippen molar-refractivity contribution in [2.24, 2.45) is 0 Å². The van der Waals surface area contributed by atoms with Crippen LogP contribution in [0.1, 0.15) is 16.8 Å². The second-order valence-corrected chi connectivity index (χ2v) is 4.30. The summed E-state index contributed by atoms with van der Waals surface area (Å²) in [5, 5.41) is 10.6. The number of carboxylic acid groups (broad SMARTS) is 1. The monoisotopic (exact) mass is 316 g/mol. The van der Waals surface area contributed by atoms with Crippen LogP contribution in [0, 0.1) is 11.6 Å². The van der Waals surface area contributed by atoms with Gasteiger partial charge >= 0.3 is 18.0 Å². The van der Waals surface area contributed by atoms with E-state index in [1.54, 1.807) is 0 Å². The quantitative estimate of drug-likeness (QED) is 0.806. The van der Waals surface area contributed by atoms with Gasteiger partial charge in [-0.2, -0.15) is 0 Å². The average molecular weight is 316 g/mol. The molecule has 22 heavy (non-hydrogen) atoms. The van der Waals surface area contributed by atoms with E-state index in [9.17, 15) is 23.2 Å². The number of benzene rings is 1. The second kappa shape index (κ2) is 7.34. The van der Waals surface area contributed by atoms with Gasteiger partial charge in [0.05, 0.1) is 24.8 Å². The average Bonchev–Trinajstić information content (AvgIpc) is 2.46. The number of esters is 1. The molecule has 0 heterocycles. The van der Waals surface area contributed by atoms with Crippen molar-refractivity contribution in [2.45, 2.75) is 6.42 Å². The number of amides is 2. The summed E-state index contributed by atoms with van der Waals surface area (Å²) in [6.07, 6.45) is -0.288. The number of carbonyl (C=O) groups is 3. The zero-order valence-corrected chi connectivity index (χ0v) is 11.9. The lowest BCUT2D eigenvalue weighted by Gasteiger charge is -2.17. The third-order valence-corrected chi connectivity index (χ3v) is 2.71. The van der Waals surface area contributed by atoms with Crippen LogP contribution in [0.5, 0.6) is 0 Å². The Labute approximate surface area is 124 Å². The Bertz CT molecular complexity index is 606. The zero-order chi connectivity index (χ0) is 16.9. The fourth-order valence-corrected chi connectivity index (χ4v) is 1.49. The Morgan fingerprint density at radius 2 is 1.91 bits per heavy atom. The fraction of sp³-hybridized carbons (Fsp3) is 0.308. The summed E-state index contributed by atoms with van der Waals surface area (Å²) in [7, 11) is 2.34. The second-order valence-electron chi connectivity index (χ2n) is 4.30. The Morgan fingerprint density at radius 3 is 2.45 bits per heavy atom. The Hall–Kier alpha value is -2.71. The van der Waals surface area contributed by atoms with Gasteiger partial charge in [-0.15, -0.1) is 0 Å². The molecule has 120 valence electrons. The van der Waals surface area contributed by atoms with E-state index in [2.05, 4.69) is 10.1 Å². The smallest absolute Gasteiger partial charge is 0.340 e. The number of carboxylic acids is 1. The van der Waals surface area contributed by atoms with Gasteiger partial charge in [-0.25, -0.2) is 18.4 Å². The number of aliphatic carboxylic acids is 1. The van der Waals surface area contributed by atoms with E-state index in [-0.39, 0.29) is 13.0 Å². The standard InChI is InChI=1S/C13H14F2N2O5/c1-17(4-3-11(18)19)13(21)16-10-5-7(12(20)22-2)8(14)6-9(10)15/h5-6H,3-4H2,1-2H3,(H,16,21)(H,18,19). The van der Waals surface area contributed by atoms with E-state index in [0.29, 0.717) is 6.07 Å². The molecular formula is C13H14F2N2O5. The van der Waals surface area contributed by atoms with Gasteiger partial charge in [0, 0.05) is 19.7 Å². The Morgan fingerprint density at radius 1 is 1.27 bits per heavy atom. The van der Waals surface area contributed by atoms with Gasteiger partial charge in [0.15, 0.2) is 0 Å². The summed E-state index contributed by atoms with van der Waals surface area (Å²) in [6, 6.07) is 0.445. The number of nitrogens with zero attached hydrogens (tertiary/aromatic N) is 1. The summed E-state index contributed by atoms with van der Waals surface area (Å²) in [5.74, 6) is -4.32. The number of rotatable bonds is 5. The van der Waals surface area contributed by atoms with Crippen LogP contribution in [-0.4, -0.2) is 48.7 Å². The normalized spacial score (nSPS) is 10.0. The highest BCUT2D eigenvalue weighted by molar-refractivity contribution is 5.94. The van der Waals surface area contributed by atoms with Gasteiger partial charge in [0.1, 0.15) is 11.6 Å². The van der Waals surface area contributed by atoms with Crippen molar-refractivity contribution in [3.05, 3.63) is 29.3 Å². The van der Waals surface area contributed by atoms with Crippen LogP contribution >= 0.6 is 0 Å². The summed E-state index contributed by atoms with van der Waals surface area (Å²) in [5.41, 5.74) is -0.957. The van der Waals surface area contributed by atoms with Crippen LogP contribution in [-0.2, 0) is 9.53 Å². The first-order valence-electron chi connectivity index (χ1n) is 6.07. The van der Waals surface area contributed by atoms with E-state index in [1.165, 1.54) is 7.05 Å². The fourth-order valence-electron chi connectivity index (χ4n) is 1.49. The molecule has 0 atom stereocenters. The molecule has 9 heteroatoms. The van der Waals surface area contributed by atoms with Gasteiger partial charge in [0.25, 0.3) is 0 Å². The van der Waals surface area contributed by atoms with Gasteiger partial charge in [-0.1, -0.05) is 0 Å². The molecule has 1 aromatic carbocycles. The molecule has 2 N–H and O–H groups in total. The third kappa shape index (κ3) is 4.40. The molecule has 0 unspecified atom stereocenters. The predicted molar refractivity (Wildman–Crippen MR) is 71.6 cm³/mol. The SMILES string of the molecule is COC(=O)c1cc(NC(=O)N(C)CCC(=O)O)c(F)cc1F. The van der Waals surface area contributed by atoms with E-state index in [1.807, 2.05) is 0 Å². The number of ether oxygens (including phenoxy) is 1. The minimum Gasteiger partial charge on any atom is -0.481 e. The molecule has 0 saturated carbocycles. The molecular weight excluding hydrogens is 302 g/mol. The lowest BCUT2D eigenvalue weighted by atomic mass is 10.2. The lowest BCUT2D eigenvalue weighted by molar-refractivity contribution is -0.137. The maximum absolute atomic E-state index is 13.6. The van der Waals surface area contributed by atoms with Crippen molar-refractivity contribution >= 4 is 23.7 Å². The summed E-state index contributed by atoms with van der Waals surface area (Å²) < 4.78 is 31.4. The molecule has 0 bridgehead atoms. The van der Waals surface area contributed by atoms with Crippen molar-refractivity contribution in [1.82, 2.24) is 4.90 Å². The van der Waals surface area contributed by atoms with Crippen LogP contribution in [0.4, 0.5) is 19.3 Å². The molecule has 1 rings (SSSR count). The van der Waals surface area contributed by atoms with E-state index in [0.717, 1.165) is 18.1 Å². The first kappa shape index (κ1) is 17.3. The van der Waals surface area contributed by atoms with Crippen LogP contribution < -0.4 is 5.32 Å². The predicted octanol–water partition coefficient (Wildman–Crippen LogP) is 1.69. The van der Waals surface area contributed by atoms with Gasteiger partial charge < -0.3 is 20.1 Å². The van der Waals surface area contributed by atoms with Crippen LogP contribution in [0.2, 0.25) is 0 Å². The van der Waals surface area contributed by atoms with Gasteiger partial charge in [-0.05, 0) is 6.07 Å². The first-order valence-corrected chi connectivity index (χ1v) is 6.07. The number of carbonyl (C=O) groups excluding carboxylic acids is 2. The lowest BCUT2D eigenvalue weighted by Crippen LogP contribution is -2.33. The molecule has 0 fully saturated rings. The molecule has 0 saturated heterocycles. The maximum Gasteiger partial charge on any atom is 0.340 e. The summed E-state index contributed by atoms with van der Waals surface area (Å²) in [4.78, 5) is 34.5.